The average molecular weight is 267 g/mol. The number of rotatable bonds is 6. The van der Waals surface area contributed by atoms with E-state index in [2.05, 4.69) is 35.9 Å². The summed E-state index contributed by atoms with van der Waals surface area (Å²) in [5, 5.41) is 3.62. The Morgan fingerprint density at radius 2 is 2.11 bits per heavy atom. The lowest BCUT2D eigenvalue weighted by Crippen LogP contribution is -2.61. The third-order valence-corrected chi connectivity index (χ3v) is 4.95. The molecule has 2 heterocycles. The molecular weight excluding hydrogens is 234 g/mol. The monoisotopic (exact) mass is 267 g/mol. The number of piperazine rings is 1. The van der Waals surface area contributed by atoms with Crippen molar-refractivity contribution in [2.45, 2.75) is 71.0 Å². The zero-order chi connectivity index (χ0) is 13.7. The number of hydrogen-bond donors (Lipinski definition) is 1. The van der Waals surface area contributed by atoms with Crippen molar-refractivity contribution >= 4 is 0 Å². The zero-order valence-electron chi connectivity index (χ0n) is 13.2. The summed E-state index contributed by atoms with van der Waals surface area (Å²) < 4.78 is 0. The van der Waals surface area contributed by atoms with Crippen LogP contribution in [0.1, 0.15) is 52.9 Å². The molecule has 0 aromatic carbocycles. The molecule has 0 aromatic heterocycles. The van der Waals surface area contributed by atoms with Crippen LogP contribution in [-0.2, 0) is 0 Å². The first-order valence-corrected chi connectivity index (χ1v) is 8.43. The van der Waals surface area contributed by atoms with E-state index < -0.39 is 0 Å². The standard InChI is InChI=1S/C16H33N3/c1-4-5-9-17-11-14(2)19-13-16-8-6-7-10-18(16)12-15(19)3/h14-17H,4-13H2,1-3H3. The molecule has 2 aliphatic rings. The van der Waals surface area contributed by atoms with Crippen LogP contribution in [-0.4, -0.2) is 60.6 Å². The third-order valence-electron chi connectivity index (χ3n) is 4.95. The van der Waals surface area contributed by atoms with Gasteiger partial charge in [-0.2, -0.15) is 0 Å². The SMILES string of the molecule is CCCCNCC(C)N1CC2CCCCN2CC1C. The first-order chi connectivity index (χ1) is 9.22. The second-order valence-corrected chi connectivity index (χ2v) is 6.60. The Kier molecular flexibility index (Phi) is 6.11. The van der Waals surface area contributed by atoms with Crippen molar-refractivity contribution in [2.24, 2.45) is 0 Å². The van der Waals surface area contributed by atoms with Crippen LogP contribution in [0.5, 0.6) is 0 Å². The van der Waals surface area contributed by atoms with E-state index in [-0.39, 0.29) is 0 Å². The molecule has 3 heteroatoms. The van der Waals surface area contributed by atoms with Crippen molar-refractivity contribution < 1.29 is 0 Å². The van der Waals surface area contributed by atoms with Gasteiger partial charge in [0.1, 0.15) is 0 Å². The van der Waals surface area contributed by atoms with Crippen molar-refractivity contribution in [3.63, 3.8) is 0 Å². The number of piperidine rings is 1. The highest BCUT2D eigenvalue weighted by Crippen LogP contribution is 2.25. The lowest BCUT2D eigenvalue weighted by atomic mass is 9.96. The van der Waals surface area contributed by atoms with Gasteiger partial charge in [0, 0.05) is 37.8 Å². The van der Waals surface area contributed by atoms with Crippen molar-refractivity contribution in [3.05, 3.63) is 0 Å². The largest absolute Gasteiger partial charge is 0.315 e. The molecule has 2 rings (SSSR count). The fraction of sp³-hybridized carbons (Fsp3) is 1.00. The first kappa shape index (κ1) is 15.3. The molecule has 3 nitrogen and oxygen atoms in total. The van der Waals surface area contributed by atoms with Gasteiger partial charge in [-0.1, -0.05) is 19.8 Å². The second kappa shape index (κ2) is 7.61. The first-order valence-electron chi connectivity index (χ1n) is 8.43. The lowest BCUT2D eigenvalue weighted by molar-refractivity contribution is -0.00369. The Morgan fingerprint density at radius 3 is 2.89 bits per heavy atom. The summed E-state index contributed by atoms with van der Waals surface area (Å²) in [4.78, 5) is 5.48. The Hall–Kier alpha value is -0.120. The van der Waals surface area contributed by atoms with Crippen molar-refractivity contribution in [1.82, 2.24) is 15.1 Å². The molecule has 19 heavy (non-hydrogen) atoms. The molecule has 0 saturated carbocycles. The van der Waals surface area contributed by atoms with Gasteiger partial charge in [0.2, 0.25) is 0 Å². The molecule has 112 valence electrons. The van der Waals surface area contributed by atoms with Gasteiger partial charge in [-0.05, 0) is 46.2 Å². The quantitative estimate of drug-likeness (QED) is 0.745. The Bertz CT molecular complexity index is 256. The molecule has 1 N–H and O–H groups in total. The molecule has 0 spiro atoms. The molecule has 0 aliphatic carbocycles. The van der Waals surface area contributed by atoms with E-state index in [0.29, 0.717) is 6.04 Å². The Balaban J connectivity index is 1.78. The highest BCUT2D eigenvalue weighted by Gasteiger charge is 2.34. The van der Waals surface area contributed by atoms with Gasteiger partial charge in [0.15, 0.2) is 0 Å². The van der Waals surface area contributed by atoms with Crippen LogP contribution in [0.3, 0.4) is 0 Å². The van der Waals surface area contributed by atoms with E-state index >= 15 is 0 Å². The summed E-state index contributed by atoms with van der Waals surface area (Å²) in [6.07, 6.45) is 6.86. The maximum absolute atomic E-state index is 3.62. The van der Waals surface area contributed by atoms with Gasteiger partial charge in [0.25, 0.3) is 0 Å². The van der Waals surface area contributed by atoms with Gasteiger partial charge < -0.3 is 5.32 Å². The minimum absolute atomic E-state index is 0.677. The van der Waals surface area contributed by atoms with Crippen LogP contribution in [0.4, 0.5) is 0 Å². The zero-order valence-corrected chi connectivity index (χ0v) is 13.2. The summed E-state index contributed by atoms with van der Waals surface area (Å²) in [5.74, 6) is 0. The number of unbranched alkanes of at least 4 members (excludes halogenated alkanes) is 1. The molecule has 0 amide bonds. The summed E-state index contributed by atoms with van der Waals surface area (Å²) in [6, 6.07) is 2.23. The molecular formula is C16H33N3. The van der Waals surface area contributed by atoms with Gasteiger partial charge in [0.05, 0.1) is 0 Å². The van der Waals surface area contributed by atoms with Gasteiger partial charge in [-0.15, -0.1) is 0 Å². The smallest absolute Gasteiger partial charge is 0.0224 e. The minimum Gasteiger partial charge on any atom is -0.315 e. The molecule has 2 fully saturated rings. The second-order valence-electron chi connectivity index (χ2n) is 6.60. The third kappa shape index (κ3) is 4.17. The molecule has 3 atom stereocenters. The number of nitrogens with zero attached hydrogens (tertiary/aromatic N) is 2. The summed E-state index contributed by atoms with van der Waals surface area (Å²) >= 11 is 0. The normalized spacial score (nSPS) is 31.1. The predicted molar refractivity (Wildman–Crippen MR) is 82.6 cm³/mol. The van der Waals surface area contributed by atoms with E-state index in [0.717, 1.165) is 18.6 Å². The van der Waals surface area contributed by atoms with E-state index in [1.165, 1.54) is 58.3 Å². The predicted octanol–water partition coefficient (Wildman–Crippen LogP) is 2.32. The summed E-state index contributed by atoms with van der Waals surface area (Å²) in [7, 11) is 0. The van der Waals surface area contributed by atoms with Crippen LogP contribution in [0.2, 0.25) is 0 Å². The number of fused-ring (bicyclic) bond motifs is 1. The topological polar surface area (TPSA) is 18.5 Å². The molecule has 2 aliphatic heterocycles. The Morgan fingerprint density at radius 1 is 1.26 bits per heavy atom. The van der Waals surface area contributed by atoms with Gasteiger partial charge in [-0.25, -0.2) is 0 Å². The van der Waals surface area contributed by atoms with Crippen molar-refractivity contribution in [2.75, 3.05) is 32.7 Å². The lowest BCUT2D eigenvalue weighted by Gasteiger charge is -2.49. The van der Waals surface area contributed by atoms with Gasteiger partial charge in [-0.3, -0.25) is 9.80 Å². The van der Waals surface area contributed by atoms with Crippen molar-refractivity contribution in [3.8, 4) is 0 Å². The van der Waals surface area contributed by atoms with Crippen molar-refractivity contribution in [1.29, 1.82) is 0 Å². The molecule has 3 unspecified atom stereocenters. The average Bonchev–Trinajstić information content (AvgIpc) is 2.42. The fourth-order valence-electron chi connectivity index (χ4n) is 3.72. The molecule has 0 bridgehead atoms. The van der Waals surface area contributed by atoms with Crippen LogP contribution in [0.15, 0.2) is 0 Å². The molecule has 0 radical (unpaired) electrons. The number of hydrogen-bond acceptors (Lipinski definition) is 3. The minimum atomic E-state index is 0.677. The molecule has 0 aromatic rings. The maximum Gasteiger partial charge on any atom is 0.0224 e. The number of nitrogens with one attached hydrogen (secondary N) is 1. The van der Waals surface area contributed by atoms with E-state index in [9.17, 15) is 0 Å². The van der Waals surface area contributed by atoms with Gasteiger partial charge >= 0.3 is 0 Å². The van der Waals surface area contributed by atoms with Crippen LogP contribution in [0.25, 0.3) is 0 Å². The summed E-state index contributed by atoms with van der Waals surface area (Å²) in [5.41, 5.74) is 0. The van der Waals surface area contributed by atoms with Crippen LogP contribution < -0.4 is 5.32 Å². The summed E-state index contributed by atoms with van der Waals surface area (Å²) in [6.45, 7) is 13.3. The van der Waals surface area contributed by atoms with Crippen LogP contribution in [0, 0.1) is 0 Å². The highest BCUT2D eigenvalue weighted by molar-refractivity contribution is 4.91. The Labute approximate surface area is 119 Å². The van der Waals surface area contributed by atoms with Crippen LogP contribution >= 0.6 is 0 Å². The maximum atomic E-state index is 3.62. The molecule has 2 saturated heterocycles. The van der Waals surface area contributed by atoms with E-state index in [1.54, 1.807) is 0 Å². The highest BCUT2D eigenvalue weighted by atomic mass is 15.3. The van der Waals surface area contributed by atoms with E-state index in [4.69, 9.17) is 0 Å². The van der Waals surface area contributed by atoms with E-state index in [1.807, 2.05) is 0 Å². The fourth-order valence-corrected chi connectivity index (χ4v) is 3.72.